The highest BCUT2D eigenvalue weighted by Crippen LogP contribution is 2.54. The normalized spacial score (nSPS) is 27.2. The van der Waals surface area contributed by atoms with Gasteiger partial charge in [0.2, 0.25) is 23.6 Å². The van der Waals surface area contributed by atoms with Gasteiger partial charge in [-0.05, 0) is 25.5 Å². The molecule has 176 valence electrons. The van der Waals surface area contributed by atoms with Gasteiger partial charge in [-0.15, -0.1) is 0 Å². The molecular weight excluding hydrogens is 436 g/mol. The number of methoxy groups -OCH3 is 1. The van der Waals surface area contributed by atoms with Crippen LogP contribution in [0.1, 0.15) is 28.7 Å². The topological polar surface area (TPSA) is 131 Å². The van der Waals surface area contributed by atoms with Crippen molar-refractivity contribution in [3.05, 3.63) is 58.7 Å². The summed E-state index contributed by atoms with van der Waals surface area (Å²) in [6, 6.07) is 10.2. The average molecular weight is 463 g/mol. The van der Waals surface area contributed by atoms with Gasteiger partial charge in [0.1, 0.15) is 11.3 Å². The maximum absolute atomic E-state index is 13.8. The van der Waals surface area contributed by atoms with Crippen molar-refractivity contribution in [3.63, 3.8) is 0 Å². The number of rotatable bonds is 5. The molecule has 2 fully saturated rings. The first-order chi connectivity index (χ1) is 16.2. The lowest BCUT2D eigenvalue weighted by molar-refractivity contribution is -0.143. The molecule has 0 aromatic heterocycles. The minimum Gasteiger partial charge on any atom is -0.496 e. The number of hydrogen-bond donors (Lipinski definition) is 3. The number of aryl methyl sites for hydroxylation is 2. The molecule has 0 bridgehead atoms. The average Bonchev–Trinajstić information content (AvgIpc) is 3.35. The van der Waals surface area contributed by atoms with Crippen molar-refractivity contribution in [3.8, 4) is 5.75 Å². The summed E-state index contributed by atoms with van der Waals surface area (Å²) in [5, 5.41) is 6.13. The van der Waals surface area contributed by atoms with E-state index in [1.54, 1.807) is 24.3 Å². The number of imide groups is 1. The molecule has 4 N–H and O–H groups in total. The number of likely N-dealkylation sites (tertiary alicyclic amines) is 1. The molecule has 0 saturated carbocycles. The second kappa shape index (κ2) is 7.66. The molecule has 4 amide bonds. The van der Waals surface area contributed by atoms with Crippen molar-refractivity contribution in [2.75, 3.05) is 12.4 Å². The van der Waals surface area contributed by atoms with Crippen LogP contribution in [0.2, 0.25) is 0 Å². The van der Waals surface area contributed by atoms with E-state index in [0.29, 0.717) is 22.6 Å². The zero-order valence-corrected chi connectivity index (χ0v) is 19.2. The highest BCUT2D eigenvalue weighted by atomic mass is 16.5. The molecule has 2 aromatic rings. The van der Waals surface area contributed by atoms with Crippen LogP contribution in [0.25, 0.3) is 0 Å². The number of ether oxygens (including phenoxy) is 1. The van der Waals surface area contributed by atoms with Crippen LogP contribution >= 0.6 is 0 Å². The van der Waals surface area contributed by atoms with Crippen LogP contribution in [-0.2, 0) is 31.3 Å². The van der Waals surface area contributed by atoms with Crippen molar-refractivity contribution in [1.29, 1.82) is 0 Å². The highest BCUT2D eigenvalue weighted by Gasteiger charge is 2.70. The van der Waals surface area contributed by atoms with Crippen LogP contribution in [0.3, 0.4) is 0 Å². The van der Waals surface area contributed by atoms with Gasteiger partial charge >= 0.3 is 0 Å². The van der Waals surface area contributed by atoms with Crippen LogP contribution in [0.5, 0.6) is 5.75 Å². The van der Waals surface area contributed by atoms with E-state index in [1.165, 1.54) is 12.0 Å². The summed E-state index contributed by atoms with van der Waals surface area (Å²) in [5.74, 6) is -3.25. The Hall–Kier alpha value is -3.72. The molecule has 1 spiro atoms. The molecule has 3 aliphatic heterocycles. The summed E-state index contributed by atoms with van der Waals surface area (Å²) in [5.41, 5.74) is 7.74. The van der Waals surface area contributed by atoms with E-state index in [9.17, 15) is 19.2 Å². The number of primary amides is 1. The lowest BCUT2D eigenvalue weighted by atomic mass is 9.76. The van der Waals surface area contributed by atoms with Crippen LogP contribution in [0, 0.1) is 25.7 Å². The lowest BCUT2D eigenvalue weighted by Crippen LogP contribution is -2.53. The molecule has 9 nitrogen and oxygen atoms in total. The third-order valence-electron chi connectivity index (χ3n) is 7.20. The summed E-state index contributed by atoms with van der Waals surface area (Å²) in [6.45, 7) is 3.80. The summed E-state index contributed by atoms with van der Waals surface area (Å²) in [4.78, 5) is 54.1. The van der Waals surface area contributed by atoms with E-state index in [0.717, 1.165) is 11.1 Å². The highest BCUT2D eigenvalue weighted by molar-refractivity contribution is 6.15. The van der Waals surface area contributed by atoms with Gasteiger partial charge in [-0.2, -0.15) is 0 Å². The van der Waals surface area contributed by atoms with Gasteiger partial charge in [-0.25, -0.2) is 0 Å². The molecule has 9 heteroatoms. The molecule has 5 rings (SSSR count). The number of anilines is 1. The smallest absolute Gasteiger partial charge is 0.250 e. The number of para-hydroxylation sites is 1. The molecule has 2 saturated heterocycles. The van der Waals surface area contributed by atoms with Crippen LogP contribution < -0.4 is 21.1 Å². The van der Waals surface area contributed by atoms with Gasteiger partial charge in [0.15, 0.2) is 0 Å². The molecule has 0 aliphatic carbocycles. The summed E-state index contributed by atoms with van der Waals surface area (Å²) in [6.07, 6.45) is -0.169. The maximum Gasteiger partial charge on any atom is 0.250 e. The standard InChI is InChI=1S/C25H26N4O5/c1-12-8-13(2)21-15(9-12)25(24(33)27-21)20-19(16(28-25)10-18(26)30)22(31)29(23(20)32)11-14-6-4-5-7-17(14)34-3/h4-9,16,19-20,28H,10-11H2,1-3H3,(H2,26,30)(H,27,33)/t16-,19-,20-,25+/m1/s1. The first kappa shape index (κ1) is 22.1. The van der Waals surface area contributed by atoms with Gasteiger partial charge in [-0.3, -0.25) is 29.4 Å². The predicted molar refractivity (Wildman–Crippen MR) is 122 cm³/mol. The predicted octanol–water partition coefficient (Wildman–Crippen LogP) is 1.11. The second-order valence-corrected chi connectivity index (χ2v) is 9.27. The Morgan fingerprint density at radius 2 is 1.88 bits per heavy atom. The Balaban J connectivity index is 1.63. The fraction of sp³-hybridized carbons (Fsp3) is 0.360. The molecule has 4 atom stereocenters. The van der Waals surface area contributed by atoms with E-state index in [1.807, 2.05) is 26.0 Å². The second-order valence-electron chi connectivity index (χ2n) is 9.27. The SMILES string of the molecule is COc1ccccc1CN1C(=O)[C@@H]2[C@@H](CC(N)=O)N[C@]3(C(=O)Nc4c(C)cc(C)cc43)[C@H]2C1=O. The third kappa shape index (κ3) is 2.96. The largest absolute Gasteiger partial charge is 0.496 e. The minimum atomic E-state index is -1.46. The number of nitrogens with one attached hydrogen (secondary N) is 2. The third-order valence-corrected chi connectivity index (χ3v) is 7.20. The van der Waals surface area contributed by atoms with Gasteiger partial charge in [0.25, 0.3) is 0 Å². The van der Waals surface area contributed by atoms with E-state index >= 15 is 0 Å². The van der Waals surface area contributed by atoms with Gasteiger partial charge in [0.05, 0.1) is 25.5 Å². The first-order valence-electron chi connectivity index (χ1n) is 11.1. The van der Waals surface area contributed by atoms with Gasteiger partial charge in [-0.1, -0.05) is 35.9 Å². The van der Waals surface area contributed by atoms with E-state index in [-0.39, 0.29) is 13.0 Å². The first-order valence-corrected chi connectivity index (χ1v) is 11.1. The quantitative estimate of drug-likeness (QED) is 0.571. The fourth-order valence-electron chi connectivity index (χ4n) is 5.87. The van der Waals surface area contributed by atoms with Crippen molar-refractivity contribution in [2.45, 2.75) is 38.4 Å². The number of hydrogen-bond acceptors (Lipinski definition) is 6. The number of amides is 4. The zero-order valence-electron chi connectivity index (χ0n) is 19.2. The van der Waals surface area contributed by atoms with Crippen molar-refractivity contribution < 1.29 is 23.9 Å². The molecule has 0 radical (unpaired) electrons. The number of nitrogens with zero attached hydrogens (tertiary/aromatic N) is 1. The molecule has 3 heterocycles. The lowest BCUT2D eigenvalue weighted by Gasteiger charge is -2.29. The number of carbonyl (C=O) groups excluding carboxylic acids is 4. The molecule has 2 aromatic carbocycles. The Kier molecular flexibility index (Phi) is 4.98. The van der Waals surface area contributed by atoms with Gasteiger partial charge in [0, 0.05) is 29.3 Å². The van der Waals surface area contributed by atoms with E-state index < -0.39 is 47.0 Å². The van der Waals surface area contributed by atoms with Crippen LogP contribution in [0.4, 0.5) is 5.69 Å². The Morgan fingerprint density at radius 3 is 2.59 bits per heavy atom. The Labute approximate surface area is 196 Å². The van der Waals surface area contributed by atoms with Crippen LogP contribution in [0.15, 0.2) is 36.4 Å². The Bertz CT molecular complexity index is 1260. The van der Waals surface area contributed by atoms with Gasteiger partial charge < -0.3 is 15.8 Å². The Morgan fingerprint density at radius 1 is 1.15 bits per heavy atom. The number of carbonyl (C=O) groups is 4. The maximum atomic E-state index is 13.8. The zero-order chi connectivity index (χ0) is 24.4. The van der Waals surface area contributed by atoms with Crippen molar-refractivity contribution in [1.82, 2.24) is 10.2 Å². The van der Waals surface area contributed by atoms with Crippen molar-refractivity contribution in [2.24, 2.45) is 17.6 Å². The van der Waals surface area contributed by atoms with E-state index in [2.05, 4.69) is 10.6 Å². The monoisotopic (exact) mass is 462 g/mol. The minimum absolute atomic E-state index is 0.00930. The van der Waals surface area contributed by atoms with Crippen molar-refractivity contribution >= 4 is 29.3 Å². The fourth-order valence-corrected chi connectivity index (χ4v) is 5.87. The van der Waals surface area contributed by atoms with Crippen LogP contribution in [-0.4, -0.2) is 41.7 Å². The number of nitrogens with two attached hydrogens (primary N) is 1. The summed E-state index contributed by atoms with van der Waals surface area (Å²) < 4.78 is 5.39. The molecule has 3 aliphatic rings. The van der Waals surface area contributed by atoms with E-state index in [4.69, 9.17) is 10.5 Å². The summed E-state index contributed by atoms with van der Waals surface area (Å²) >= 11 is 0. The summed E-state index contributed by atoms with van der Waals surface area (Å²) in [7, 11) is 1.52. The number of benzene rings is 2. The molecular formula is C25H26N4O5. The number of fused-ring (bicyclic) bond motifs is 4. The molecule has 34 heavy (non-hydrogen) atoms. The molecule has 0 unspecified atom stereocenters.